The molecule has 9 nitrogen and oxygen atoms in total. The van der Waals surface area contributed by atoms with Crippen LogP contribution in [0, 0.1) is 0 Å². The number of aromatic hydroxyl groups is 1. The Morgan fingerprint density at radius 2 is 1.74 bits per heavy atom. The molecule has 11 heteroatoms. The first kappa shape index (κ1) is 23.3. The monoisotopic (exact) mass is 498 g/mol. The van der Waals surface area contributed by atoms with E-state index in [2.05, 4.69) is 15.2 Å². The zero-order valence-corrected chi connectivity index (χ0v) is 19.4. The molecule has 0 aliphatic rings. The Balaban J connectivity index is 1.66. The van der Waals surface area contributed by atoms with Gasteiger partial charge in [0.25, 0.3) is 15.9 Å². The molecule has 1 amide bonds. The molecule has 2 N–H and O–H groups in total. The van der Waals surface area contributed by atoms with E-state index < -0.39 is 22.5 Å². The van der Waals surface area contributed by atoms with E-state index in [0.717, 1.165) is 4.31 Å². The van der Waals surface area contributed by atoms with E-state index >= 15 is 0 Å². The molecule has 3 aromatic carbocycles. The van der Waals surface area contributed by atoms with Crippen LogP contribution in [0.4, 0.5) is 11.4 Å². The summed E-state index contributed by atoms with van der Waals surface area (Å²) >= 11 is 5.95. The zero-order chi connectivity index (χ0) is 24.3. The van der Waals surface area contributed by atoms with Crippen molar-refractivity contribution < 1.29 is 23.1 Å². The van der Waals surface area contributed by atoms with Crippen LogP contribution in [0.2, 0.25) is 5.02 Å². The predicted molar refractivity (Wildman–Crippen MR) is 128 cm³/mol. The number of rotatable bonds is 7. The number of carbonyl (C=O) groups is 1. The Hall–Kier alpha value is -3.89. The van der Waals surface area contributed by atoms with Gasteiger partial charge in [0, 0.05) is 10.4 Å². The molecule has 4 rings (SSSR count). The molecule has 0 saturated heterocycles. The van der Waals surface area contributed by atoms with Gasteiger partial charge in [0.1, 0.15) is 12.3 Å². The van der Waals surface area contributed by atoms with Crippen molar-refractivity contribution in [3.8, 4) is 11.6 Å². The normalized spacial score (nSPS) is 11.7. The van der Waals surface area contributed by atoms with Crippen molar-refractivity contribution >= 4 is 49.8 Å². The van der Waals surface area contributed by atoms with Gasteiger partial charge < -0.3 is 14.8 Å². The third kappa shape index (κ3) is 4.73. The van der Waals surface area contributed by atoms with Crippen LogP contribution >= 0.6 is 11.6 Å². The van der Waals surface area contributed by atoms with Crippen molar-refractivity contribution in [2.75, 3.05) is 18.0 Å². The summed E-state index contributed by atoms with van der Waals surface area (Å²) in [4.78, 5) is 15.4. The SMILES string of the molecule is COc1ccc(S(=O)(=O)N(CC(=O)N=Nc2c(O)[nH]c3ccccc23)c2ccc(Cl)cc2)cc1. The molecule has 1 aromatic heterocycles. The van der Waals surface area contributed by atoms with Crippen molar-refractivity contribution in [1.82, 2.24) is 4.98 Å². The number of ether oxygens (including phenoxy) is 1. The van der Waals surface area contributed by atoms with Gasteiger partial charge in [-0.05, 0) is 54.6 Å². The molecule has 1 heterocycles. The van der Waals surface area contributed by atoms with E-state index in [0.29, 0.717) is 21.7 Å². The van der Waals surface area contributed by atoms with Crippen molar-refractivity contribution in [3.05, 3.63) is 77.8 Å². The van der Waals surface area contributed by atoms with Gasteiger partial charge in [-0.15, -0.1) is 10.2 Å². The first-order valence-corrected chi connectivity index (χ1v) is 11.8. The van der Waals surface area contributed by atoms with E-state index in [1.165, 1.54) is 55.6 Å². The first-order chi connectivity index (χ1) is 16.3. The number of nitrogens with one attached hydrogen (secondary N) is 1. The van der Waals surface area contributed by atoms with E-state index in [4.69, 9.17) is 16.3 Å². The van der Waals surface area contributed by atoms with Gasteiger partial charge in [-0.25, -0.2) is 8.42 Å². The predicted octanol–water partition coefficient (Wildman–Crippen LogP) is 5.04. The third-order valence-electron chi connectivity index (χ3n) is 4.96. The Morgan fingerprint density at radius 3 is 2.41 bits per heavy atom. The molecule has 0 saturated carbocycles. The highest BCUT2D eigenvalue weighted by atomic mass is 35.5. The summed E-state index contributed by atoms with van der Waals surface area (Å²) in [5.74, 6) is -0.602. The molecule has 0 radical (unpaired) electrons. The zero-order valence-electron chi connectivity index (χ0n) is 17.8. The summed E-state index contributed by atoms with van der Waals surface area (Å²) in [7, 11) is -2.67. The minimum atomic E-state index is -4.15. The number of azo groups is 1. The van der Waals surface area contributed by atoms with Crippen molar-refractivity contribution in [2.24, 2.45) is 10.2 Å². The van der Waals surface area contributed by atoms with Crippen LogP contribution in [0.3, 0.4) is 0 Å². The maximum absolute atomic E-state index is 13.4. The smallest absolute Gasteiger partial charge is 0.285 e. The molecule has 0 fully saturated rings. The first-order valence-electron chi connectivity index (χ1n) is 9.96. The van der Waals surface area contributed by atoms with Gasteiger partial charge in [0.2, 0.25) is 5.88 Å². The molecule has 0 spiro atoms. The fraction of sp³-hybridized carbons (Fsp3) is 0.0870. The summed E-state index contributed by atoms with van der Waals surface area (Å²) in [5, 5.41) is 18.6. The molecular weight excluding hydrogens is 480 g/mol. The highest BCUT2D eigenvalue weighted by Crippen LogP contribution is 2.35. The standard InChI is InChI=1S/C23H19ClN4O5S/c1-33-17-10-12-18(13-11-17)34(31,32)28(16-8-6-15(24)7-9-16)14-21(29)26-27-22-19-4-2-3-5-20(19)25-23(22)30/h2-13,25,30H,14H2,1H3. The number of aromatic nitrogens is 1. The Kier molecular flexibility index (Phi) is 6.53. The lowest BCUT2D eigenvalue weighted by molar-refractivity contribution is -0.116. The maximum atomic E-state index is 13.4. The second-order valence-electron chi connectivity index (χ2n) is 7.13. The largest absolute Gasteiger partial charge is 0.497 e. The number of fused-ring (bicyclic) bond motifs is 1. The number of sulfonamides is 1. The summed E-state index contributed by atoms with van der Waals surface area (Å²) < 4.78 is 32.8. The number of para-hydroxylation sites is 1. The van der Waals surface area contributed by atoms with E-state index in [9.17, 15) is 18.3 Å². The van der Waals surface area contributed by atoms with Crippen LogP contribution in [-0.2, 0) is 14.8 Å². The van der Waals surface area contributed by atoms with E-state index in [1.807, 2.05) is 0 Å². The van der Waals surface area contributed by atoms with E-state index in [1.54, 1.807) is 24.3 Å². The number of carbonyl (C=O) groups excluding carboxylic acids is 1. The van der Waals surface area contributed by atoms with Crippen molar-refractivity contribution in [3.63, 3.8) is 0 Å². The minimum absolute atomic E-state index is 0.0396. The molecule has 0 aliphatic heterocycles. The van der Waals surface area contributed by atoms with Gasteiger partial charge in [-0.1, -0.05) is 29.8 Å². The van der Waals surface area contributed by atoms with Gasteiger partial charge >= 0.3 is 0 Å². The fourth-order valence-corrected chi connectivity index (χ4v) is 4.81. The lowest BCUT2D eigenvalue weighted by Crippen LogP contribution is -2.35. The molecule has 34 heavy (non-hydrogen) atoms. The summed E-state index contributed by atoms with van der Waals surface area (Å²) in [6.07, 6.45) is 0. The molecular formula is C23H19ClN4O5S. The number of hydrogen-bond donors (Lipinski definition) is 2. The molecule has 4 aromatic rings. The number of H-pyrrole nitrogens is 1. The fourth-order valence-electron chi connectivity index (χ4n) is 3.27. The number of hydrogen-bond acceptors (Lipinski definition) is 6. The number of anilines is 1. The highest BCUT2D eigenvalue weighted by molar-refractivity contribution is 7.92. The summed E-state index contributed by atoms with van der Waals surface area (Å²) in [5.41, 5.74) is 0.921. The van der Waals surface area contributed by atoms with Crippen LogP contribution < -0.4 is 9.04 Å². The molecule has 0 atom stereocenters. The number of methoxy groups -OCH3 is 1. The van der Waals surface area contributed by atoms with Crippen LogP contribution in [0.25, 0.3) is 10.9 Å². The number of benzene rings is 3. The Bertz CT molecular complexity index is 1470. The van der Waals surface area contributed by atoms with Crippen LogP contribution in [0.5, 0.6) is 11.6 Å². The number of aromatic amines is 1. The third-order valence-corrected chi connectivity index (χ3v) is 7.00. The van der Waals surface area contributed by atoms with Gasteiger partial charge in [0.15, 0.2) is 5.69 Å². The molecule has 0 bridgehead atoms. The second-order valence-corrected chi connectivity index (χ2v) is 9.42. The average Bonchev–Trinajstić information content (AvgIpc) is 3.16. The molecule has 174 valence electrons. The van der Waals surface area contributed by atoms with Crippen LogP contribution in [0.15, 0.2) is 87.9 Å². The van der Waals surface area contributed by atoms with E-state index in [-0.39, 0.29) is 22.2 Å². The molecule has 0 aliphatic carbocycles. The Morgan fingerprint density at radius 1 is 1.06 bits per heavy atom. The van der Waals surface area contributed by atoms with Gasteiger partial charge in [-0.3, -0.25) is 9.10 Å². The van der Waals surface area contributed by atoms with Crippen molar-refractivity contribution in [1.29, 1.82) is 0 Å². The summed E-state index contributed by atoms with van der Waals surface area (Å²) in [6, 6.07) is 18.8. The summed E-state index contributed by atoms with van der Waals surface area (Å²) in [6.45, 7) is -0.622. The van der Waals surface area contributed by atoms with Crippen molar-refractivity contribution in [2.45, 2.75) is 4.90 Å². The van der Waals surface area contributed by atoms with Crippen LogP contribution in [-0.4, -0.2) is 38.1 Å². The highest BCUT2D eigenvalue weighted by Gasteiger charge is 2.27. The van der Waals surface area contributed by atoms with Gasteiger partial charge in [-0.2, -0.15) is 0 Å². The number of halogens is 1. The Labute approximate surface area is 200 Å². The lowest BCUT2D eigenvalue weighted by Gasteiger charge is -2.23. The topological polar surface area (TPSA) is 124 Å². The molecule has 0 unspecified atom stereocenters. The van der Waals surface area contributed by atoms with Gasteiger partial charge in [0.05, 0.1) is 23.2 Å². The maximum Gasteiger partial charge on any atom is 0.285 e. The second kappa shape index (κ2) is 9.54. The quantitative estimate of drug-likeness (QED) is 0.345. The minimum Gasteiger partial charge on any atom is -0.497 e. The number of amides is 1. The van der Waals surface area contributed by atoms with Crippen LogP contribution in [0.1, 0.15) is 0 Å². The number of nitrogens with zero attached hydrogens (tertiary/aromatic N) is 3. The average molecular weight is 499 g/mol. The lowest BCUT2D eigenvalue weighted by atomic mass is 10.2.